The number of benzene rings is 3. The van der Waals surface area contributed by atoms with Crippen molar-refractivity contribution >= 4 is 11.4 Å². The summed E-state index contributed by atoms with van der Waals surface area (Å²) in [6.45, 7) is 1.98. The fourth-order valence-corrected chi connectivity index (χ4v) is 3.72. The highest BCUT2D eigenvalue weighted by Crippen LogP contribution is 2.42. The number of aryl methyl sites for hydroxylation is 1. The Morgan fingerprint density at radius 2 is 1.61 bits per heavy atom. The number of ketones is 1. The lowest BCUT2D eigenvalue weighted by Crippen LogP contribution is -2.05. The van der Waals surface area contributed by atoms with Crippen molar-refractivity contribution in [3.8, 4) is 17.2 Å². The number of phenols is 2. The van der Waals surface area contributed by atoms with Gasteiger partial charge in [0, 0.05) is 17.6 Å². The average Bonchev–Trinajstić information content (AvgIpc) is 3.06. The minimum atomic E-state index is -0.0825. The van der Waals surface area contributed by atoms with Crippen LogP contribution in [0.1, 0.15) is 32.6 Å². The van der Waals surface area contributed by atoms with Crippen LogP contribution >= 0.6 is 0 Å². The normalized spacial score (nSPS) is 12.8. The van der Waals surface area contributed by atoms with Crippen molar-refractivity contribution in [2.24, 2.45) is 0 Å². The topological polar surface area (TPSA) is 66.8 Å². The van der Waals surface area contributed by atoms with E-state index < -0.39 is 0 Å². The van der Waals surface area contributed by atoms with Crippen molar-refractivity contribution in [1.82, 2.24) is 0 Å². The molecule has 0 radical (unpaired) electrons. The van der Waals surface area contributed by atoms with Crippen molar-refractivity contribution in [2.45, 2.75) is 13.3 Å². The molecule has 0 aliphatic heterocycles. The third-order valence-electron chi connectivity index (χ3n) is 5.14. The molecule has 28 heavy (non-hydrogen) atoms. The quantitative estimate of drug-likeness (QED) is 0.654. The van der Waals surface area contributed by atoms with Crippen LogP contribution < -0.4 is 4.74 Å². The van der Waals surface area contributed by atoms with E-state index in [4.69, 9.17) is 4.74 Å². The molecule has 0 amide bonds. The van der Waals surface area contributed by atoms with Gasteiger partial charge in [0.25, 0.3) is 0 Å². The molecule has 0 atom stereocenters. The van der Waals surface area contributed by atoms with E-state index in [-0.39, 0.29) is 17.3 Å². The number of aromatic hydroxyl groups is 2. The molecule has 0 unspecified atom stereocenters. The van der Waals surface area contributed by atoms with Gasteiger partial charge in [0.05, 0.1) is 7.11 Å². The number of carbonyl (C=O) groups excluding carboxylic acids is 1. The molecule has 4 heteroatoms. The van der Waals surface area contributed by atoms with Gasteiger partial charge < -0.3 is 14.9 Å². The number of fused-ring (bicyclic) bond motifs is 1. The molecule has 0 bridgehead atoms. The molecule has 1 aliphatic carbocycles. The summed E-state index contributed by atoms with van der Waals surface area (Å²) >= 11 is 0. The van der Waals surface area contributed by atoms with Gasteiger partial charge in [0.15, 0.2) is 5.78 Å². The summed E-state index contributed by atoms with van der Waals surface area (Å²) < 4.78 is 5.31. The lowest BCUT2D eigenvalue weighted by molar-refractivity contribution is 0.103. The Balaban J connectivity index is 1.92. The van der Waals surface area contributed by atoms with Crippen molar-refractivity contribution < 1.29 is 19.7 Å². The smallest absolute Gasteiger partial charge is 0.189 e. The molecule has 0 heterocycles. The minimum Gasteiger partial charge on any atom is -0.508 e. The largest absolute Gasteiger partial charge is 0.508 e. The first-order valence-electron chi connectivity index (χ1n) is 9.02. The number of ether oxygens (including phenoxy) is 1. The Hall–Kier alpha value is -3.53. The third-order valence-corrected chi connectivity index (χ3v) is 5.14. The fourth-order valence-electron chi connectivity index (χ4n) is 3.72. The molecular weight excluding hydrogens is 352 g/mol. The number of Topliss-reactive ketones (excluding diaryl/α,β-unsaturated/α-hetero) is 1. The van der Waals surface area contributed by atoms with Crippen LogP contribution in [0, 0.1) is 6.92 Å². The number of allylic oxidation sites excluding steroid dienone is 1. The number of methoxy groups -OCH3 is 1. The Bertz CT molecular complexity index is 1110. The van der Waals surface area contributed by atoms with Crippen LogP contribution in [-0.2, 0) is 6.42 Å². The summed E-state index contributed by atoms with van der Waals surface area (Å²) in [5, 5.41) is 19.6. The van der Waals surface area contributed by atoms with E-state index in [2.05, 4.69) is 0 Å². The van der Waals surface area contributed by atoms with Crippen LogP contribution in [0.5, 0.6) is 17.2 Å². The van der Waals surface area contributed by atoms with E-state index in [0.29, 0.717) is 17.6 Å². The first kappa shape index (κ1) is 17.9. The number of hydrogen-bond acceptors (Lipinski definition) is 4. The molecule has 0 saturated carbocycles. The highest BCUT2D eigenvalue weighted by Gasteiger charge is 2.29. The highest BCUT2D eigenvalue weighted by molar-refractivity contribution is 6.17. The summed E-state index contributed by atoms with van der Waals surface area (Å²) in [7, 11) is 1.62. The maximum Gasteiger partial charge on any atom is 0.189 e. The molecule has 3 aromatic rings. The van der Waals surface area contributed by atoms with Gasteiger partial charge in [-0.2, -0.15) is 0 Å². The van der Waals surface area contributed by atoms with Gasteiger partial charge in [-0.15, -0.1) is 0 Å². The van der Waals surface area contributed by atoms with Crippen molar-refractivity contribution in [3.05, 3.63) is 94.1 Å². The van der Waals surface area contributed by atoms with Crippen molar-refractivity contribution in [3.63, 3.8) is 0 Å². The second kappa shape index (κ2) is 6.89. The molecule has 1 aliphatic rings. The number of rotatable bonds is 4. The van der Waals surface area contributed by atoms with E-state index in [0.717, 1.165) is 33.6 Å². The molecule has 0 spiro atoms. The maximum atomic E-state index is 13.3. The van der Waals surface area contributed by atoms with Crippen molar-refractivity contribution in [2.75, 3.05) is 7.11 Å². The van der Waals surface area contributed by atoms with Gasteiger partial charge in [0.2, 0.25) is 0 Å². The standard InChI is InChI=1S/C24H20O4/c1-14-11-19(28-2)9-10-20(14)23-21-13-18(26)8-5-16(21)12-22(23)24(27)15-3-6-17(25)7-4-15/h3-11,13,25-26H,12H2,1-2H3. The summed E-state index contributed by atoms with van der Waals surface area (Å²) in [4.78, 5) is 13.3. The van der Waals surface area contributed by atoms with Crippen LogP contribution in [0.15, 0.2) is 66.2 Å². The van der Waals surface area contributed by atoms with Crippen LogP contribution in [0.2, 0.25) is 0 Å². The number of carbonyl (C=O) groups is 1. The third kappa shape index (κ3) is 3.03. The zero-order valence-electron chi connectivity index (χ0n) is 15.7. The minimum absolute atomic E-state index is 0.0825. The SMILES string of the molecule is COc1ccc(C2=C(C(=O)c3ccc(O)cc3)Cc3ccc(O)cc32)c(C)c1. The Morgan fingerprint density at radius 1 is 0.893 bits per heavy atom. The van der Waals surface area contributed by atoms with Gasteiger partial charge >= 0.3 is 0 Å². The predicted molar refractivity (Wildman–Crippen MR) is 108 cm³/mol. The van der Waals surface area contributed by atoms with Gasteiger partial charge in [0.1, 0.15) is 17.2 Å². The van der Waals surface area contributed by atoms with Gasteiger partial charge in [-0.05, 0) is 83.3 Å². The van der Waals surface area contributed by atoms with E-state index in [1.807, 2.05) is 31.2 Å². The summed E-state index contributed by atoms with van der Waals surface area (Å²) in [6, 6.07) is 17.3. The van der Waals surface area contributed by atoms with Gasteiger partial charge in [-0.1, -0.05) is 12.1 Å². The lowest BCUT2D eigenvalue weighted by Gasteiger charge is -2.13. The zero-order valence-corrected chi connectivity index (χ0v) is 15.7. The molecule has 0 fully saturated rings. The van der Waals surface area contributed by atoms with Crippen LogP contribution in [0.4, 0.5) is 0 Å². The fraction of sp³-hybridized carbons (Fsp3) is 0.125. The molecule has 140 valence electrons. The van der Waals surface area contributed by atoms with Crippen LogP contribution in [-0.4, -0.2) is 23.1 Å². The van der Waals surface area contributed by atoms with Crippen molar-refractivity contribution in [1.29, 1.82) is 0 Å². The second-order valence-electron chi connectivity index (χ2n) is 6.93. The predicted octanol–water partition coefficient (Wildman–Crippen LogP) is 4.66. The Morgan fingerprint density at radius 3 is 2.29 bits per heavy atom. The number of phenolic OH excluding ortho intramolecular Hbond substituents is 2. The Kier molecular flexibility index (Phi) is 4.40. The van der Waals surface area contributed by atoms with Gasteiger partial charge in [-0.3, -0.25) is 4.79 Å². The van der Waals surface area contributed by atoms with Crippen LogP contribution in [0.3, 0.4) is 0 Å². The van der Waals surface area contributed by atoms with E-state index in [1.54, 1.807) is 31.4 Å². The molecular formula is C24H20O4. The van der Waals surface area contributed by atoms with Crippen LogP contribution in [0.25, 0.3) is 5.57 Å². The monoisotopic (exact) mass is 372 g/mol. The maximum absolute atomic E-state index is 13.3. The van der Waals surface area contributed by atoms with E-state index in [1.165, 1.54) is 12.1 Å². The zero-order chi connectivity index (χ0) is 19.8. The molecule has 2 N–H and O–H groups in total. The van der Waals surface area contributed by atoms with Gasteiger partial charge in [-0.25, -0.2) is 0 Å². The molecule has 3 aromatic carbocycles. The highest BCUT2D eigenvalue weighted by atomic mass is 16.5. The first-order chi connectivity index (χ1) is 13.5. The summed E-state index contributed by atoms with van der Waals surface area (Å²) in [6.07, 6.45) is 0.496. The summed E-state index contributed by atoms with van der Waals surface area (Å²) in [5.41, 5.74) is 5.84. The second-order valence-corrected chi connectivity index (χ2v) is 6.93. The summed E-state index contributed by atoms with van der Waals surface area (Å²) in [5.74, 6) is 0.959. The first-order valence-corrected chi connectivity index (χ1v) is 9.02. The van der Waals surface area contributed by atoms with E-state index in [9.17, 15) is 15.0 Å². The molecule has 0 aromatic heterocycles. The molecule has 4 nitrogen and oxygen atoms in total. The van der Waals surface area contributed by atoms with E-state index >= 15 is 0 Å². The molecule has 0 saturated heterocycles. The lowest BCUT2D eigenvalue weighted by atomic mass is 9.91. The Labute approximate surface area is 163 Å². The molecule has 4 rings (SSSR count). The number of hydrogen-bond donors (Lipinski definition) is 2. The average molecular weight is 372 g/mol.